The molecule has 0 spiro atoms. The Hall–Kier alpha value is -3.44. The first-order chi connectivity index (χ1) is 16.9. The van der Waals surface area contributed by atoms with Crippen molar-refractivity contribution in [2.24, 2.45) is 5.73 Å². The van der Waals surface area contributed by atoms with E-state index in [9.17, 15) is 9.59 Å². The summed E-state index contributed by atoms with van der Waals surface area (Å²) < 4.78 is 11.2. The van der Waals surface area contributed by atoms with Gasteiger partial charge in [-0.1, -0.05) is 6.07 Å². The number of ether oxygens (including phenoxy) is 2. The first-order valence-electron chi connectivity index (χ1n) is 11.8. The summed E-state index contributed by atoms with van der Waals surface area (Å²) in [4.78, 5) is 32.8. The standard InChI is InChI=1S/C24H35N7O4/c1-15-22(29-17-8-12-34-13-9-17)31-23(20(28-15)21(25)32)30-18-6-4-7-19(14-18)35-11-5-10-27-24(33)16(2)26-3/h4,6-7,14,16-17,26H,5,8-13H2,1-3H3,(H2,25,32)(H,27,33)(H2,29,30,31)/t16-/m0/s1. The molecule has 0 saturated carbocycles. The lowest BCUT2D eigenvalue weighted by Gasteiger charge is -2.24. The highest BCUT2D eigenvalue weighted by molar-refractivity contribution is 5.96. The van der Waals surface area contributed by atoms with Crippen LogP contribution < -0.4 is 31.7 Å². The van der Waals surface area contributed by atoms with Crippen LogP contribution in [0.3, 0.4) is 0 Å². The molecule has 0 radical (unpaired) electrons. The van der Waals surface area contributed by atoms with E-state index in [1.165, 1.54) is 0 Å². The van der Waals surface area contributed by atoms with Crippen LogP contribution in [-0.4, -0.2) is 67.3 Å². The van der Waals surface area contributed by atoms with Gasteiger partial charge in [0.05, 0.1) is 18.3 Å². The number of likely N-dealkylation sites (N-methyl/N-ethyl adjacent to an activating group) is 1. The van der Waals surface area contributed by atoms with Crippen molar-refractivity contribution in [1.29, 1.82) is 0 Å². The number of carbonyl (C=O) groups is 2. The summed E-state index contributed by atoms with van der Waals surface area (Å²) in [6.07, 6.45) is 2.41. The van der Waals surface area contributed by atoms with E-state index in [1.54, 1.807) is 27.0 Å². The van der Waals surface area contributed by atoms with Crippen molar-refractivity contribution in [3.8, 4) is 5.75 Å². The van der Waals surface area contributed by atoms with Crippen LogP contribution in [0.5, 0.6) is 5.75 Å². The lowest BCUT2D eigenvalue weighted by Crippen LogP contribution is -2.40. The third-order valence-electron chi connectivity index (χ3n) is 5.68. The second-order valence-electron chi connectivity index (χ2n) is 8.41. The van der Waals surface area contributed by atoms with Crippen molar-refractivity contribution in [2.75, 3.05) is 44.0 Å². The molecular formula is C24H35N7O4. The van der Waals surface area contributed by atoms with Gasteiger partial charge in [0.1, 0.15) is 11.6 Å². The largest absolute Gasteiger partial charge is 0.493 e. The predicted molar refractivity (Wildman–Crippen MR) is 134 cm³/mol. The minimum absolute atomic E-state index is 0.0474. The van der Waals surface area contributed by atoms with Crippen molar-refractivity contribution in [3.63, 3.8) is 0 Å². The highest BCUT2D eigenvalue weighted by atomic mass is 16.5. The number of aryl methyl sites for hydroxylation is 1. The molecular weight excluding hydrogens is 450 g/mol. The van der Waals surface area contributed by atoms with Gasteiger partial charge in [0, 0.05) is 37.6 Å². The van der Waals surface area contributed by atoms with E-state index in [2.05, 4.69) is 31.2 Å². The maximum atomic E-state index is 12.0. The van der Waals surface area contributed by atoms with Gasteiger partial charge in [-0.25, -0.2) is 9.97 Å². The Kier molecular flexibility index (Phi) is 9.62. The normalized spacial score (nSPS) is 14.7. The highest BCUT2D eigenvalue weighted by Gasteiger charge is 2.20. The SMILES string of the molecule is CN[C@@H](C)C(=O)NCCCOc1cccc(Nc2nc(NC3CCOCC3)c(C)nc2C(N)=O)c1. The third-order valence-corrected chi connectivity index (χ3v) is 5.68. The Morgan fingerprint density at radius 1 is 1.23 bits per heavy atom. The van der Waals surface area contributed by atoms with Crippen LogP contribution in [0.25, 0.3) is 0 Å². The van der Waals surface area contributed by atoms with Gasteiger partial charge < -0.3 is 36.5 Å². The summed E-state index contributed by atoms with van der Waals surface area (Å²) in [6, 6.07) is 7.30. The molecule has 1 atom stereocenters. The van der Waals surface area contributed by atoms with E-state index in [0.717, 1.165) is 12.8 Å². The number of hydrogen-bond donors (Lipinski definition) is 5. The van der Waals surface area contributed by atoms with Crippen LogP contribution in [0.4, 0.5) is 17.3 Å². The Morgan fingerprint density at radius 2 is 2.00 bits per heavy atom. The zero-order valence-corrected chi connectivity index (χ0v) is 20.5. The molecule has 2 heterocycles. The fourth-order valence-corrected chi connectivity index (χ4v) is 3.51. The molecule has 6 N–H and O–H groups in total. The highest BCUT2D eigenvalue weighted by Crippen LogP contribution is 2.25. The summed E-state index contributed by atoms with van der Waals surface area (Å²) in [5.74, 6) is 0.811. The van der Waals surface area contributed by atoms with Crippen LogP contribution in [0, 0.1) is 6.92 Å². The molecule has 1 saturated heterocycles. The molecule has 0 aliphatic carbocycles. The number of rotatable bonds is 12. The van der Waals surface area contributed by atoms with Gasteiger partial charge in [0.25, 0.3) is 5.91 Å². The number of carbonyl (C=O) groups excluding carboxylic acids is 2. The smallest absolute Gasteiger partial charge is 0.271 e. The molecule has 190 valence electrons. The van der Waals surface area contributed by atoms with Gasteiger partial charge >= 0.3 is 0 Å². The van der Waals surface area contributed by atoms with E-state index in [-0.39, 0.29) is 29.5 Å². The van der Waals surface area contributed by atoms with Crippen LogP contribution >= 0.6 is 0 Å². The number of nitrogens with one attached hydrogen (secondary N) is 4. The molecule has 1 aromatic heterocycles. The van der Waals surface area contributed by atoms with Crippen molar-refractivity contribution < 1.29 is 19.1 Å². The number of anilines is 3. The van der Waals surface area contributed by atoms with Gasteiger partial charge in [0.15, 0.2) is 11.5 Å². The molecule has 11 heteroatoms. The van der Waals surface area contributed by atoms with Gasteiger partial charge in [-0.3, -0.25) is 9.59 Å². The molecule has 0 bridgehead atoms. The van der Waals surface area contributed by atoms with Crippen LogP contribution in [0.15, 0.2) is 24.3 Å². The van der Waals surface area contributed by atoms with E-state index in [0.29, 0.717) is 55.7 Å². The fraction of sp³-hybridized carbons (Fsp3) is 0.500. The van der Waals surface area contributed by atoms with Crippen molar-refractivity contribution in [3.05, 3.63) is 35.7 Å². The van der Waals surface area contributed by atoms with Crippen LogP contribution in [0.1, 0.15) is 42.4 Å². The molecule has 1 fully saturated rings. The monoisotopic (exact) mass is 485 g/mol. The number of nitrogens with zero attached hydrogens (tertiary/aromatic N) is 2. The Balaban J connectivity index is 1.63. The van der Waals surface area contributed by atoms with Gasteiger partial charge in [0.2, 0.25) is 5.91 Å². The number of primary amides is 1. The molecule has 2 amide bonds. The van der Waals surface area contributed by atoms with E-state index >= 15 is 0 Å². The molecule has 3 rings (SSSR count). The third kappa shape index (κ3) is 7.79. The van der Waals surface area contributed by atoms with E-state index in [1.807, 2.05) is 18.2 Å². The van der Waals surface area contributed by atoms with Crippen molar-refractivity contribution in [1.82, 2.24) is 20.6 Å². The average Bonchev–Trinajstić information content (AvgIpc) is 2.85. The zero-order chi connectivity index (χ0) is 25.2. The summed E-state index contributed by atoms with van der Waals surface area (Å²) in [6.45, 7) is 5.95. The molecule has 1 aliphatic rings. The quantitative estimate of drug-likeness (QED) is 0.283. The zero-order valence-electron chi connectivity index (χ0n) is 20.5. The van der Waals surface area contributed by atoms with Crippen molar-refractivity contribution >= 4 is 29.1 Å². The molecule has 35 heavy (non-hydrogen) atoms. The Labute approximate surface area is 205 Å². The maximum Gasteiger partial charge on any atom is 0.271 e. The fourth-order valence-electron chi connectivity index (χ4n) is 3.51. The molecule has 11 nitrogen and oxygen atoms in total. The summed E-state index contributed by atoms with van der Waals surface area (Å²) >= 11 is 0. The lowest BCUT2D eigenvalue weighted by atomic mass is 10.1. The van der Waals surface area contributed by atoms with Crippen molar-refractivity contribution in [2.45, 2.75) is 45.2 Å². The minimum atomic E-state index is -0.664. The summed E-state index contributed by atoms with van der Waals surface area (Å²) in [5.41, 5.74) is 6.91. The average molecular weight is 486 g/mol. The second-order valence-corrected chi connectivity index (χ2v) is 8.41. The maximum absolute atomic E-state index is 12.0. The second kappa shape index (κ2) is 12.9. The molecule has 0 unspecified atom stereocenters. The molecule has 1 aromatic carbocycles. The van der Waals surface area contributed by atoms with E-state index in [4.69, 9.17) is 15.2 Å². The summed E-state index contributed by atoms with van der Waals surface area (Å²) in [7, 11) is 1.74. The van der Waals surface area contributed by atoms with Gasteiger partial charge in [-0.15, -0.1) is 0 Å². The topological polar surface area (TPSA) is 153 Å². The predicted octanol–water partition coefficient (Wildman–Crippen LogP) is 1.71. The number of amides is 2. The van der Waals surface area contributed by atoms with Crippen LogP contribution in [-0.2, 0) is 9.53 Å². The van der Waals surface area contributed by atoms with Gasteiger partial charge in [-0.2, -0.15) is 0 Å². The van der Waals surface area contributed by atoms with Crippen LogP contribution in [0.2, 0.25) is 0 Å². The van der Waals surface area contributed by atoms with E-state index < -0.39 is 5.91 Å². The first-order valence-corrected chi connectivity index (χ1v) is 11.8. The first kappa shape index (κ1) is 26.2. The minimum Gasteiger partial charge on any atom is -0.493 e. The Bertz CT molecular complexity index is 1010. The number of aromatic nitrogens is 2. The van der Waals surface area contributed by atoms with Gasteiger partial charge in [-0.05, 0) is 52.3 Å². The number of nitrogens with two attached hydrogens (primary N) is 1. The Morgan fingerprint density at radius 3 is 2.71 bits per heavy atom. The lowest BCUT2D eigenvalue weighted by molar-refractivity contribution is -0.122. The number of benzene rings is 1. The molecule has 1 aliphatic heterocycles. The molecule has 2 aromatic rings. The number of hydrogen-bond acceptors (Lipinski definition) is 9. The summed E-state index contributed by atoms with van der Waals surface area (Å²) in [5, 5.41) is 12.3.